The molecule has 0 bridgehead atoms. The lowest BCUT2D eigenvalue weighted by Gasteiger charge is -2.10. The fourth-order valence-electron chi connectivity index (χ4n) is 2.19. The first kappa shape index (κ1) is 18.0. The molecule has 0 unspecified atom stereocenters. The van der Waals surface area contributed by atoms with Crippen LogP contribution >= 0.6 is 0 Å². The third kappa shape index (κ3) is 4.22. The Morgan fingerprint density at radius 1 is 0.654 bits per heavy atom. The number of hydrogen-bond acceptors (Lipinski definition) is 5. The van der Waals surface area contributed by atoms with Gasteiger partial charge in [0, 0.05) is 6.07 Å². The minimum Gasteiger partial charge on any atom is -0.379 e. The van der Waals surface area contributed by atoms with Crippen molar-refractivity contribution in [3.05, 3.63) is 84.9 Å². The van der Waals surface area contributed by atoms with Crippen molar-refractivity contribution in [2.24, 2.45) is 0 Å². The average Bonchev–Trinajstić information content (AvgIpc) is 2.63. The van der Waals surface area contributed by atoms with Crippen LogP contribution in [0.1, 0.15) is 0 Å². The fourth-order valence-corrected chi connectivity index (χ4v) is 4.20. The molecular formula is C18H15NO5S2. The van der Waals surface area contributed by atoms with E-state index in [1.54, 1.807) is 36.4 Å². The Labute approximate surface area is 152 Å². The highest BCUT2D eigenvalue weighted by Crippen LogP contribution is 2.23. The van der Waals surface area contributed by atoms with Crippen LogP contribution in [0, 0.1) is 0 Å². The molecule has 0 radical (unpaired) electrons. The van der Waals surface area contributed by atoms with Gasteiger partial charge < -0.3 is 4.18 Å². The van der Waals surface area contributed by atoms with E-state index in [4.69, 9.17) is 4.18 Å². The van der Waals surface area contributed by atoms with Gasteiger partial charge >= 0.3 is 10.1 Å². The Morgan fingerprint density at radius 2 is 1.23 bits per heavy atom. The van der Waals surface area contributed by atoms with Crippen LogP contribution in [-0.4, -0.2) is 16.8 Å². The zero-order valence-corrected chi connectivity index (χ0v) is 15.1. The second-order valence-electron chi connectivity index (χ2n) is 5.30. The van der Waals surface area contributed by atoms with Gasteiger partial charge in [0.15, 0.2) is 0 Å². The molecular weight excluding hydrogens is 374 g/mol. The number of rotatable bonds is 6. The molecule has 0 amide bonds. The molecule has 0 saturated heterocycles. The molecule has 0 aromatic heterocycles. The van der Waals surface area contributed by atoms with E-state index in [9.17, 15) is 16.8 Å². The molecule has 26 heavy (non-hydrogen) atoms. The quantitative estimate of drug-likeness (QED) is 0.654. The Morgan fingerprint density at radius 3 is 1.85 bits per heavy atom. The first-order valence-corrected chi connectivity index (χ1v) is 10.4. The molecule has 0 atom stereocenters. The highest BCUT2D eigenvalue weighted by Gasteiger charge is 2.17. The highest BCUT2D eigenvalue weighted by molar-refractivity contribution is 7.92. The summed E-state index contributed by atoms with van der Waals surface area (Å²) >= 11 is 0. The standard InChI is InChI=1S/C18H15NO5S2/c20-25(21,17-10-3-1-4-11-17)19-15-8-7-9-16(14-15)24-26(22,23)18-12-5-2-6-13-18/h1-14,19H. The molecule has 0 fully saturated rings. The van der Waals surface area contributed by atoms with Crippen LogP contribution < -0.4 is 8.91 Å². The summed E-state index contributed by atoms with van der Waals surface area (Å²) in [6.45, 7) is 0. The summed E-state index contributed by atoms with van der Waals surface area (Å²) in [6, 6.07) is 21.3. The van der Waals surface area contributed by atoms with Gasteiger partial charge in [0.1, 0.15) is 10.6 Å². The molecule has 0 heterocycles. The second-order valence-corrected chi connectivity index (χ2v) is 8.53. The van der Waals surface area contributed by atoms with Crippen LogP contribution in [-0.2, 0) is 20.1 Å². The van der Waals surface area contributed by atoms with E-state index >= 15 is 0 Å². The third-order valence-electron chi connectivity index (χ3n) is 3.38. The summed E-state index contributed by atoms with van der Waals surface area (Å²) in [4.78, 5) is 0.110. The zero-order chi connectivity index (χ0) is 18.6. The van der Waals surface area contributed by atoms with E-state index in [-0.39, 0.29) is 21.2 Å². The zero-order valence-electron chi connectivity index (χ0n) is 13.4. The van der Waals surface area contributed by atoms with Crippen molar-refractivity contribution in [1.29, 1.82) is 0 Å². The van der Waals surface area contributed by atoms with Gasteiger partial charge in [0.2, 0.25) is 0 Å². The molecule has 0 aliphatic carbocycles. The summed E-state index contributed by atoms with van der Waals surface area (Å²) in [5, 5.41) is 0. The van der Waals surface area contributed by atoms with Crippen LogP contribution in [0.25, 0.3) is 0 Å². The lowest BCUT2D eigenvalue weighted by Crippen LogP contribution is -2.13. The van der Waals surface area contributed by atoms with Crippen molar-refractivity contribution in [2.75, 3.05) is 4.72 Å². The van der Waals surface area contributed by atoms with Crippen molar-refractivity contribution in [1.82, 2.24) is 0 Å². The maximum Gasteiger partial charge on any atom is 0.339 e. The van der Waals surface area contributed by atoms with E-state index in [0.717, 1.165) is 0 Å². The van der Waals surface area contributed by atoms with E-state index in [0.29, 0.717) is 0 Å². The van der Waals surface area contributed by atoms with Crippen molar-refractivity contribution >= 4 is 25.8 Å². The van der Waals surface area contributed by atoms with Gasteiger partial charge in [-0.15, -0.1) is 0 Å². The van der Waals surface area contributed by atoms with Gasteiger partial charge in [-0.25, -0.2) is 8.42 Å². The number of anilines is 1. The first-order chi connectivity index (χ1) is 12.4. The van der Waals surface area contributed by atoms with Gasteiger partial charge in [-0.2, -0.15) is 8.42 Å². The topological polar surface area (TPSA) is 89.5 Å². The van der Waals surface area contributed by atoms with Crippen LogP contribution in [0.3, 0.4) is 0 Å². The maximum absolute atomic E-state index is 12.3. The molecule has 0 aliphatic rings. The maximum atomic E-state index is 12.3. The van der Waals surface area contributed by atoms with Crippen molar-refractivity contribution < 1.29 is 21.0 Å². The Hall–Kier alpha value is -2.84. The second kappa shape index (κ2) is 7.19. The molecule has 0 spiro atoms. The summed E-state index contributed by atoms with van der Waals surface area (Å²) in [7, 11) is -7.78. The number of nitrogens with one attached hydrogen (secondary N) is 1. The van der Waals surface area contributed by atoms with Crippen LogP contribution in [0.15, 0.2) is 94.7 Å². The number of sulfonamides is 1. The Kier molecular flexibility index (Phi) is 4.97. The van der Waals surface area contributed by atoms with Gasteiger partial charge in [0.25, 0.3) is 10.0 Å². The smallest absolute Gasteiger partial charge is 0.339 e. The van der Waals surface area contributed by atoms with E-state index < -0.39 is 20.1 Å². The average molecular weight is 389 g/mol. The minimum atomic E-state index is -4.00. The number of hydrogen-bond donors (Lipinski definition) is 1. The molecule has 6 nitrogen and oxygen atoms in total. The minimum absolute atomic E-state index is 0.00196. The Balaban J connectivity index is 1.83. The van der Waals surface area contributed by atoms with Crippen molar-refractivity contribution in [2.45, 2.75) is 9.79 Å². The highest BCUT2D eigenvalue weighted by atomic mass is 32.2. The monoisotopic (exact) mass is 389 g/mol. The molecule has 3 rings (SSSR count). The van der Waals surface area contributed by atoms with E-state index in [2.05, 4.69) is 4.72 Å². The lowest BCUT2D eigenvalue weighted by molar-refractivity contribution is 0.486. The number of benzene rings is 3. The molecule has 1 N–H and O–H groups in total. The van der Waals surface area contributed by atoms with Crippen LogP contribution in [0.5, 0.6) is 5.75 Å². The van der Waals surface area contributed by atoms with Gasteiger partial charge in [-0.1, -0.05) is 42.5 Å². The molecule has 0 saturated carbocycles. The summed E-state index contributed by atoms with van der Waals surface area (Å²) in [5.41, 5.74) is 0.189. The predicted molar refractivity (Wildman–Crippen MR) is 97.9 cm³/mol. The fraction of sp³-hybridized carbons (Fsp3) is 0. The van der Waals surface area contributed by atoms with Gasteiger partial charge in [-0.05, 0) is 36.4 Å². The molecule has 134 valence electrons. The normalized spacial score (nSPS) is 11.7. The van der Waals surface area contributed by atoms with E-state index in [1.165, 1.54) is 48.5 Å². The summed E-state index contributed by atoms with van der Waals surface area (Å²) < 4.78 is 56.7. The predicted octanol–water partition coefficient (Wildman–Crippen LogP) is 3.26. The van der Waals surface area contributed by atoms with Gasteiger partial charge in [-0.3, -0.25) is 4.72 Å². The SMILES string of the molecule is O=S(=O)(Nc1cccc(OS(=O)(=O)c2ccccc2)c1)c1ccccc1. The molecule has 0 aliphatic heterocycles. The molecule has 3 aromatic carbocycles. The Bertz CT molecular complexity index is 1010. The first-order valence-electron chi connectivity index (χ1n) is 7.54. The summed E-state index contributed by atoms with van der Waals surface area (Å²) in [5.74, 6) is 0.00196. The van der Waals surface area contributed by atoms with Gasteiger partial charge in [0.05, 0.1) is 10.6 Å². The third-order valence-corrected chi connectivity index (χ3v) is 6.04. The molecule has 8 heteroatoms. The van der Waals surface area contributed by atoms with E-state index in [1.807, 2.05) is 0 Å². The van der Waals surface area contributed by atoms with Crippen LogP contribution in [0.4, 0.5) is 5.69 Å². The lowest BCUT2D eigenvalue weighted by atomic mass is 10.3. The largest absolute Gasteiger partial charge is 0.379 e. The van der Waals surface area contributed by atoms with Crippen molar-refractivity contribution in [3.8, 4) is 5.75 Å². The van der Waals surface area contributed by atoms with Crippen molar-refractivity contribution in [3.63, 3.8) is 0 Å². The molecule has 3 aromatic rings. The summed E-state index contributed by atoms with van der Waals surface area (Å²) in [6.07, 6.45) is 0. The van der Waals surface area contributed by atoms with Crippen LogP contribution in [0.2, 0.25) is 0 Å².